The second kappa shape index (κ2) is 8.81. The Kier molecular flexibility index (Phi) is 5.76. The van der Waals surface area contributed by atoms with E-state index in [1.165, 1.54) is 36.4 Å². The van der Waals surface area contributed by atoms with Crippen molar-refractivity contribution in [1.82, 2.24) is 5.43 Å². The van der Waals surface area contributed by atoms with Crippen LogP contribution in [0.4, 0.5) is 5.69 Å². The molecule has 1 heterocycles. The van der Waals surface area contributed by atoms with Crippen LogP contribution in [0.25, 0.3) is 6.08 Å². The van der Waals surface area contributed by atoms with Crippen molar-refractivity contribution in [2.45, 2.75) is 4.90 Å². The fraction of sp³-hybridized carbons (Fsp3) is 0. The summed E-state index contributed by atoms with van der Waals surface area (Å²) in [7, 11) is -3.73. The smallest absolute Gasteiger partial charge is 0.280 e. The van der Waals surface area contributed by atoms with Crippen LogP contribution in [0.2, 0.25) is 0 Å². The van der Waals surface area contributed by atoms with Crippen LogP contribution in [0, 0.1) is 0 Å². The van der Waals surface area contributed by atoms with Gasteiger partial charge in [-0.3, -0.25) is 14.3 Å². The lowest BCUT2D eigenvalue weighted by molar-refractivity contribution is -0.114. The first-order valence-electron chi connectivity index (χ1n) is 9.43. The number of rotatable bonds is 5. The fourth-order valence-electron chi connectivity index (χ4n) is 2.89. The Balaban J connectivity index is 1.45. The van der Waals surface area contributed by atoms with Gasteiger partial charge in [-0.05, 0) is 48.5 Å². The number of hydrogen-bond donors (Lipinski definition) is 2. The molecule has 4 rings (SSSR count). The first kappa shape index (κ1) is 20.9. The summed E-state index contributed by atoms with van der Waals surface area (Å²) in [5, 5.41) is 5.03. The third kappa shape index (κ3) is 4.70. The van der Waals surface area contributed by atoms with E-state index >= 15 is 0 Å². The number of amides is 2. The van der Waals surface area contributed by atoms with Gasteiger partial charge in [0.15, 0.2) is 0 Å². The zero-order valence-corrected chi connectivity index (χ0v) is 17.3. The summed E-state index contributed by atoms with van der Waals surface area (Å²) < 4.78 is 27.2. The van der Waals surface area contributed by atoms with Crippen LogP contribution < -0.4 is 20.7 Å². The van der Waals surface area contributed by atoms with E-state index in [9.17, 15) is 18.0 Å². The Morgan fingerprint density at radius 2 is 1.59 bits per heavy atom. The minimum atomic E-state index is -3.73. The zero-order valence-electron chi connectivity index (χ0n) is 16.5. The number of hydrogen-bond acceptors (Lipinski definition) is 5. The van der Waals surface area contributed by atoms with Crippen LogP contribution in [0.5, 0.6) is 0 Å². The van der Waals surface area contributed by atoms with Crippen LogP contribution in [0.3, 0.4) is 0 Å². The Morgan fingerprint density at radius 1 is 0.906 bits per heavy atom. The van der Waals surface area contributed by atoms with E-state index in [2.05, 4.69) is 26.1 Å². The summed E-state index contributed by atoms with van der Waals surface area (Å²) >= 11 is 0. The number of carbonyl (C=O) groups is 2. The molecule has 3 aromatic rings. The molecule has 158 valence electrons. The van der Waals surface area contributed by atoms with Crippen molar-refractivity contribution in [3.63, 3.8) is 0 Å². The highest BCUT2D eigenvalue weighted by atomic mass is 32.2. The van der Waals surface area contributed by atoms with Crippen molar-refractivity contribution in [3.8, 4) is 0 Å². The number of fused-ring (bicyclic) bond motifs is 1. The zero-order chi connectivity index (χ0) is 22.6. The minimum absolute atomic E-state index is 0.120. The number of sulfonamides is 1. The largest absolute Gasteiger partial charge is 0.287 e. The van der Waals surface area contributed by atoms with Gasteiger partial charge in [-0.2, -0.15) is 0 Å². The lowest BCUT2D eigenvalue weighted by Crippen LogP contribution is -2.30. The first-order valence-corrected chi connectivity index (χ1v) is 10.9. The molecule has 1 aliphatic rings. The van der Waals surface area contributed by atoms with Crippen LogP contribution in [0.1, 0.15) is 10.4 Å². The number of anilines is 1. The minimum Gasteiger partial charge on any atom is -0.280 e. The lowest BCUT2D eigenvalue weighted by atomic mass is 10.1. The van der Waals surface area contributed by atoms with Gasteiger partial charge in [0.1, 0.15) is 5.57 Å². The second-order valence-corrected chi connectivity index (χ2v) is 8.38. The van der Waals surface area contributed by atoms with Gasteiger partial charge in [0.05, 0.1) is 10.3 Å². The normalized spacial score (nSPS) is 12.5. The van der Waals surface area contributed by atoms with E-state index in [1.54, 1.807) is 42.5 Å². The van der Waals surface area contributed by atoms with Gasteiger partial charge in [-0.25, -0.2) is 18.8 Å². The highest BCUT2D eigenvalue weighted by Gasteiger charge is 2.14. The van der Waals surface area contributed by atoms with E-state index < -0.39 is 21.8 Å². The molecule has 0 fully saturated rings. The van der Waals surface area contributed by atoms with E-state index in [0.29, 0.717) is 11.0 Å². The third-order valence-electron chi connectivity index (χ3n) is 4.48. The van der Waals surface area contributed by atoms with Gasteiger partial charge in [0.25, 0.3) is 21.8 Å². The van der Waals surface area contributed by atoms with Gasteiger partial charge in [0.2, 0.25) is 0 Å². The van der Waals surface area contributed by atoms with Crippen LogP contribution in [-0.2, 0) is 14.8 Å². The van der Waals surface area contributed by atoms with Crippen LogP contribution in [0.15, 0.2) is 99.4 Å². The standard InChI is InChI=1S/C23H16N4O4S/c28-22-18(14-17-6-4-5-9-21(17)25-22)15-24-26-23(29)16-10-12-19(13-11-16)27-32(30,31)20-7-2-1-3-8-20/h1-14,27H,(H,26,29). The Morgan fingerprint density at radius 3 is 2.34 bits per heavy atom. The highest BCUT2D eigenvalue weighted by Crippen LogP contribution is 2.16. The molecule has 0 atom stereocenters. The first-order chi connectivity index (χ1) is 15.4. The summed E-state index contributed by atoms with van der Waals surface area (Å²) in [5.74, 6) is 1.44. The molecule has 9 heteroatoms. The van der Waals surface area contributed by atoms with Crippen molar-refractivity contribution in [2.75, 3.05) is 4.72 Å². The second-order valence-electron chi connectivity index (χ2n) is 6.69. The van der Waals surface area contributed by atoms with Gasteiger partial charge < -0.3 is 0 Å². The molecule has 2 amide bonds. The Labute approximate surface area is 183 Å². The number of carbonyl (C=O) groups excluding carboxylic acids is 2. The van der Waals surface area contributed by atoms with E-state index in [-0.39, 0.29) is 16.0 Å². The van der Waals surface area contributed by atoms with Crippen molar-refractivity contribution in [2.24, 2.45) is 10.1 Å². The molecule has 0 bridgehead atoms. The van der Waals surface area contributed by atoms with Crippen molar-refractivity contribution >= 4 is 39.5 Å². The van der Waals surface area contributed by atoms with Crippen LogP contribution >= 0.6 is 0 Å². The topological polar surface area (TPSA) is 117 Å². The molecule has 32 heavy (non-hydrogen) atoms. The number of nitrogens with one attached hydrogen (secondary N) is 2. The molecule has 0 unspecified atom stereocenters. The van der Waals surface area contributed by atoms with Gasteiger partial charge in [-0.15, -0.1) is 5.10 Å². The molecule has 0 saturated heterocycles. The summed E-state index contributed by atoms with van der Waals surface area (Å²) in [4.78, 5) is 28.4. The molecule has 0 radical (unpaired) electrons. The quantitative estimate of drug-likeness (QED) is 0.351. The molecule has 0 spiro atoms. The summed E-state index contributed by atoms with van der Waals surface area (Å²) in [6, 6.07) is 20.9. The third-order valence-corrected chi connectivity index (χ3v) is 5.87. The van der Waals surface area contributed by atoms with Crippen LogP contribution in [-0.4, -0.2) is 26.1 Å². The number of hydrazone groups is 1. The number of benzene rings is 3. The van der Waals surface area contributed by atoms with E-state index in [4.69, 9.17) is 0 Å². The maximum Gasteiger partial charge on any atom is 0.287 e. The molecule has 3 aromatic carbocycles. The average Bonchev–Trinajstić information content (AvgIpc) is 2.80. The lowest BCUT2D eigenvalue weighted by Gasteiger charge is -2.08. The van der Waals surface area contributed by atoms with Crippen molar-refractivity contribution in [3.05, 3.63) is 101 Å². The predicted molar refractivity (Wildman–Crippen MR) is 119 cm³/mol. The molecule has 0 aliphatic carbocycles. The predicted octanol–water partition coefficient (Wildman–Crippen LogP) is 1.37. The molecule has 0 saturated carbocycles. The van der Waals surface area contributed by atoms with E-state index in [1.807, 2.05) is 6.07 Å². The molecule has 8 nitrogen and oxygen atoms in total. The van der Waals surface area contributed by atoms with Gasteiger partial charge in [-0.1, -0.05) is 36.4 Å². The molecular formula is C23H16N4O4S. The van der Waals surface area contributed by atoms with Gasteiger partial charge in [0, 0.05) is 22.3 Å². The highest BCUT2D eigenvalue weighted by molar-refractivity contribution is 7.92. The monoisotopic (exact) mass is 444 g/mol. The fourth-order valence-corrected chi connectivity index (χ4v) is 3.96. The summed E-state index contributed by atoms with van der Waals surface area (Å²) in [5.41, 5.74) is 2.96. The summed E-state index contributed by atoms with van der Waals surface area (Å²) in [6.07, 6.45) is 1.59. The average molecular weight is 444 g/mol. The molecular weight excluding hydrogens is 428 g/mol. The summed E-state index contributed by atoms with van der Waals surface area (Å²) in [6.45, 7) is 0. The molecule has 2 N–H and O–H groups in total. The SMILES string of the molecule is O=C1N=c2ccccc2=CC1=C=NNC(=O)c1ccc(NS(=O)(=O)c2ccccc2)cc1. The molecule has 0 aromatic heterocycles. The molecule has 1 aliphatic heterocycles. The maximum atomic E-state index is 12.4. The number of para-hydroxylation sites is 1. The number of nitrogens with zero attached hydrogens (tertiary/aromatic N) is 2. The Hall–Kier alpha value is -4.33. The van der Waals surface area contributed by atoms with Gasteiger partial charge >= 0.3 is 0 Å². The van der Waals surface area contributed by atoms with Crippen molar-refractivity contribution in [1.29, 1.82) is 0 Å². The van der Waals surface area contributed by atoms with E-state index in [0.717, 1.165) is 5.22 Å². The maximum absolute atomic E-state index is 12.4. The van der Waals surface area contributed by atoms with Crippen molar-refractivity contribution < 1.29 is 18.0 Å². The Bertz CT molecular complexity index is 1490.